The van der Waals surface area contributed by atoms with Crippen molar-refractivity contribution < 1.29 is 9.59 Å². The van der Waals surface area contributed by atoms with Crippen LogP contribution >= 0.6 is 22.5 Å². The van der Waals surface area contributed by atoms with Crippen LogP contribution in [0.15, 0.2) is 0 Å². The molecule has 1 heterocycles. The molecule has 1 atom stereocenters. The molecular formula is C6H9NO2S2. The molecule has 1 aliphatic heterocycles. The van der Waals surface area contributed by atoms with Gasteiger partial charge in [0, 0.05) is 13.0 Å². The number of carbonyl (C=O) groups excluding carboxylic acids is 2. The van der Waals surface area contributed by atoms with Gasteiger partial charge in [-0.3, -0.25) is 14.5 Å². The summed E-state index contributed by atoms with van der Waals surface area (Å²) in [4.78, 5) is 23.5. The first-order valence-electron chi connectivity index (χ1n) is 3.35. The Balaban J connectivity index is 2.71. The highest BCUT2D eigenvalue weighted by molar-refractivity contribution is 8.69. The molecule has 1 saturated heterocycles. The Morgan fingerprint density at radius 1 is 1.73 bits per heavy atom. The average molecular weight is 191 g/mol. The molecule has 0 bridgehead atoms. The standard InChI is InChI=1S/C6H9NO2S2/c1-2-7-5(8)3-4(11-10)6(7)9/h4,10H,2-3H2,1H3. The summed E-state index contributed by atoms with van der Waals surface area (Å²) in [5.41, 5.74) is 0. The predicted octanol–water partition coefficient (Wildman–Crippen LogP) is 0.712. The summed E-state index contributed by atoms with van der Waals surface area (Å²) in [6.45, 7) is 2.27. The smallest absolute Gasteiger partial charge is 0.243 e. The van der Waals surface area contributed by atoms with Crippen molar-refractivity contribution in [2.45, 2.75) is 18.6 Å². The monoisotopic (exact) mass is 191 g/mol. The van der Waals surface area contributed by atoms with Crippen molar-refractivity contribution in [3.63, 3.8) is 0 Å². The van der Waals surface area contributed by atoms with E-state index >= 15 is 0 Å². The van der Waals surface area contributed by atoms with E-state index < -0.39 is 0 Å². The number of amides is 2. The van der Waals surface area contributed by atoms with Crippen LogP contribution in [0.4, 0.5) is 0 Å². The fraction of sp³-hybridized carbons (Fsp3) is 0.667. The highest BCUT2D eigenvalue weighted by atomic mass is 33.1. The minimum atomic E-state index is -0.259. The van der Waals surface area contributed by atoms with Crippen LogP contribution in [0.3, 0.4) is 0 Å². The Morgan fingerprint density at radius 3 is 2.64 bits per heavy atom. The van der Waals surface area contributed by atoms with Crippen molar-refractivity contribution >= 4 is 34.3 Å². The quantitative estimate of drug-likeness (QED) is 0.397. The molecule has 1 aliphatic rings. The number of hydrogen-bond acceptors (Lipinski definition) is 4. The molecule has 0 aromatic carbocycles. The van der Waals surface area contributed by atoms with Gasteiger partial charge in [0.25, 0.3) is 0 Å². The second-order valence-electron chi connectivity index (χ2n) is 2.27. The van der Waals surface area contributed by atoms with E-state index in [1.54, 1.807) is 6.92 Å². The van der Waals surface area contributed by atoms with E-state index in [4.69, 9.17) is 0 Å². The van der Waals surface area contributed by atoms with Gasteiger partial charge in [-0.05, 0) is 6.92 Å². The Morgan fingerprint density at radius 2 is 2.36 bits per heavy atom. The van der Waals surface area contributed by atoms with Gasteiger partial charge in [0.05, 0.1) is 0 Å². The van der Waals surface area contributed by atoms with Crippen LogP contribution in [0.2, 0.25) is 0 Å². The third-order valence-corrected chi connectivity index (χ3v) is 3.03. The topological polar surface area (TPSA) is 37.4 Å². The minimum Gasteiger partial charge on any atom is -0.282 e. The molecule has 0 aromatic rings. The number of nitrogens with zero attached hydrogens (tertiary/aromatic N) is 1. The normalized spacial score (nSPS) is 24.9. The molecular weight excluding hydrogens is 182 g/mol. The van der Waals surface area contributed by atoms with Crippen LogP contribution in [0, 0.1) is 0 Å². The molecule has 0 spiro atoms. The maximum Gasteiger partial charge on any atom is 0.243 e. The maximum absolute atomic E-state index is 11.2. The third-order valence-electron chi connectivity index (χ3n) is 1.65. The first kappa shape index (κ1) is 8.93. The van der Waals surface area contributed by atoms with Gasteiger partial charge < -0.3 is 0 Å². The lowest BCUT2D eigenvalue weighted by molar-refractivity contribution is -0.137. The molecule has 2 amide bonds. The highest BCUT2D eigenvalue weighted by Gasteiger charge is 2.37. The van der Waals surface area contributed by atoms with Crippen LogP contribution in [0.25, 0.3) is 0 Å². The zero-order valence-electron chi connectivity index (χ0n) is 6.11. The van der Waals surface area contributed by atoms with E-state index in [9.17, 15) is 9.59 Å². The van der Waals surface area contributed by atoms with E-state index in [1.165, 1.54) is 4.90 Å². The summed E-state index contributed by atoms with van der Waals surface area (Å²) in [5.74, 6) is -0.179. The number of hydrogen-bond donors (Lipinski definition) is 1. The van der Waals surface area contributed by atoms with E-state index in [2.05, 4.69) is 11.7 Å². The Hall–Kier alpha value is -0.160. The van der Waals surface area contributed by atoms with E-state index in [0.717, 1.165) is 10.8 Å². The van der Waals surface area contributed by atoms with Crippen LogP contribution in [0.5, 0.6) is 0 Å². The van der Waals surface area contributed by atoms with E-state index in [-0.39, 0.29) is 17.1 Å². The van der Waals surface area contributed by atoms with Crippen LogP contribution in [-0.4, -0.2) is 28.5 Å². The number of imide groups is 1. The summed E-state index contributed by atoms with van der Waals surface area (Å²) >= 11 is 3.91. The largest absolute Gasteiger partial charge is 0.282 e. The molecule has 0 N–H and O–H groups in total. The summed E-state index contributed by atoms with van der Waals surface area (Å²) in [5, 5.41) is -0.259. The molecule has 3 nitrogen and oxygen atoms in total. The lowest BCUT2D eigenvalue weighted by Crippen LogP contribution is -2.30. The fourth-order valence-corrected chi connectivity index (χ4v) is 2.00. The molecule has 62 valence electrons. The van der Waals surface area contributed by atoms with Gasteiger partial charge in [0.15, 0.2) is 0 Å². The van der Waals surface area contributed by atoms with Gasteiger partial charge in [-0.15, -0.1) is 11.7 Å². The van der Waals surface area contributed by atoms with Gasteiger partial charge >= 0.3 is 0 Å². The van der Waals surface area contributed by atoms with Crippen molar-refractivity contribution in [1.29, 1.82) is 0 Å². The van der Waals surface area contributed by atoms with Gasteiger partial charge in [0.2, 0.25) is 11.8 Å². The van der Waals surface area contributed by atoms with Crippen molar-refractivity contribution in [3.05, 3.63) is 0 Å². The lowest BCUT2D eigenvalue weighted by Gasteiger charge is -2.09. The first-order chi connectivity index (χ1) is 5.20. The minimum absolute atomic E-state index is 0.0796. The van der Waals surface area contributed by atoms with Gasteiger partial charge in [-0.2, -0.15) is 0 Å². The molecule has 1 fully saturated rings. The SMILES string of the molecule is CCN1C(=O)CC(SS)C1=O. The maximum atomic E-state index is 11.2. The van der Waals surface area contributed by atoms with Gasteiger partial charge in [-0.25, -0.2) is 0 Å². The molecule has 11 heavy (non-hydrogen) atoms. The molecule has 0 radical (unpaired) electrons. The van der Waals surface area contributed by atoms with E-state index in [1.807, 2.05) is 0 Å². The summed E-state index contributed by atoms with van der Waals surface area (Å²) in [6, 6.07) is 0. The average Bonchev–Trinajstić information content (AvgIpc) is 2.26. The van der Waals surface area contributed by atoms with Gasteiger partial charge in [0.1, 0.15) is 5.25 Å². The fourth-order valence-electron chi connectivity index (χ4n) is 1.07. The third kappa shape index (κ3) is 1.54. The van der Waals surface area contributed by atoms with Crippen LogP contribution < -0.4 is 0 Å². The first-order valence-corrected chi connectivity index (χ1v) is 5.28. The van der Waals surface area contributed by atoms with Crippen LogP contribution in [-0.2, 0) is 9.59 Å². The highest BCUT2D eigenvalue weighted by Crippen LogP contribution is 2.26. The molecule has 0 saturated carbocycles. The zero-order chi connectivity index (χ0) is 8.43. The van der Waals surface area contributed by atoms with Crippen molar-refractivity contribution in [2.24, 2.45) is 0 Å². The Bertz CT molecular complexity index is 195. The Kier molecular flexibility index (Phi) is 2.84. The van der Waals surface area contributed by atoms with E-state index in [0.29, 0.717) is 13.0 Å². The number of likely N-dealkylation sites (tertiary alicyclic amines) is 1. The number of rotatable bonds is 2. The van der Waals surface area contributed by atoms with Crippen molar-refractivity contribution in [1.82, 2.24) is 4.90 Å². The summed E-state index contributed by atoms with van der Waals surface area (Å²) in [7, 11) is 1.15. The molecule has 1 unspecified atom stereocenters. The second kappa shape index (κ2) is 3.49. The number of carbonyl (C=O) groups is 2. The molecule has 0 aliphatic carbocycles. The van der Waals surface area contributed by atoms with Crippen molar-refractivity contribution in [2.75, 3.05) is 6.54 Å². The lowest BCUT2D eigenvalue weighted by atomic mass is 10.4. The molecule has 1 rings (SSSR count). The summed E-state index contributed by atoms with van der Waals surface area (Å²) < 4.78 is 0. The Labute approximate surface area is 74.3 Å². The van der Waals surface area contributed by atoms with Crippen LogP contribution in [0.1, 0.15) is 13.3 Å². The number of thiol groups is 1. The molecule has 5 heteroatoms. The van der Waals surface area contributed by atoms with Gasteiger partial charge in [-0.1, -0.05) is 10.8 Å². The van der Waals surface area contributed by atoms with Crippen molar-refractivity contribution in [3.8, 4) is 0 Å². The second-order valence-corrected chi connectivity index (χ2v) is 3.69. The predicted molar refractivity (Wildman–Crippen MR) is 47.4 cm³/mol. The zero-order valence-corrected chi connectivity index (χ0v) is 7.82. The molecule has 0 aromatic heterocycles. The summed E-state index contributed by atoms with van der Waals surface area (Å²) in [6.07, 6.45) is 0.306.